The molecule has 5 heteroatoms. The molecule has 0 spiro atoms. The molecule has 1 aromatic carbocycles. The van der Waals surface area contributed by atoms with Gasteiger partial charge in [-0.3, -0.25) is 0 Å². The highest BCUT2D eigenvalue weighted by Crippen LogP contribution is 2.19. The number of hydrogen-bond acceptors (Lipinski definition) is 3. The maximum absolute atomic E-state index is 13.0. The van der Waals surface area contributed by atoms with Gasteiger partial charge in [0.25, 0.3) is 0 Å². The Labute approximate surface area is 112 Å². The number of methoxy groups -OCH3 is 1. The highest BCUT2D eigenvalue weighted by Gasteiger charge is 2.14. The summed E-state index contributed by atoms with van der Waals surface area (Å²) in [6.45, 7) is 3.22. The van der Waals surface area contributed by atoms with Crippen LogP contribution in [0.3, 0.4) is 0 Å². The smallest absolute Gasteiger partial charge is 0.126 e. The third-order valence-electron chi connectivity index (χ3n) is 3.19. The Morgan fingerprint density at radius 1 is 1.26 bits per heavy atom. The minimum Gasteiger partial charge on any atom is -0.388 e. The Balaban J connectivity index is 2.53. The lowest BCUT2D eigenvalue weighted by molar-refractivity contribution is 0.0959. The quantitative estimate of drug-likeness (QED) is 0.828. The fourth-order valence-electron chi connectivity index (χ4n) is 1.85. The van der Waals surface area contributed by atoms with Crippen molar-refractivity contribution in [3.05, 3.63) is 35.4 Å². The van der Waals surface area contributed by atoms with Gasteiger partial charge in [0.15, 0.2) is 0 Å². The van der Waals surface area contributed by atoms with Crippen LogP contribution in [-0.4, -0.2) is 43.4 Å². The number of likely N-dealkylation sites (N-methyl/N-ethyl adjacent to an activating group) is 1. The Morgan fingerprint density at radius 2 is 1.84 bits per heavy atom. The summed E-state index contributed by atoms with van der Waals surface area (Å²) in [5.41, 5.74) is 0.269. The number of nitrogens with zero attached hydrogens (tertiary/aromatic N) is 1. The molecule has 3 nitrogen and oxygen atoms in total. The van der Waals surface area contributed by atoms with Gasteiger partial charge in [-0.25, -0.2) is 8.78 Å². The van der Waals surface area contributed by atoms with E-state index in [1.165, 1.54) is 0 Å². The second-order valence-corrected chi connectivity index (χ2v) is 4.79. The van der Waals surface area contributed by atoms with E-state index in [0.717, 1.165) is 18.2 Å². The molecular formula is C14H21F2NO2. The van der Waals surface area contributed by atoms with Crippen molar-refractivity contribution >= 4 is 0 Å². The summed E-state index contributed by atoms with van der Waals surface area (Å²) in [4.78, 5) is 2.03. The molecule has 19 heavy (non-hydrogen) atoms. The van der Waals surface area contributed by atoms with Crippen LogP contribution in [0.2, 0.25) is 0 Å². The standard InChI is InChI=1S/C14H21F2NO2/c1-10(9-19-3)17(2)5-4-14(18)11-6-12(15)8-13(16)7-11/h6-8,10,14,18H,4-5,9H2,1-3H3. The second kappa shape index (κ2) is 7.53. The van der Waals surface area contributed by atoms with Crippen LogP contribution < -0.4 is 0 Å². The van der Waals surface area contributed by atoms with Crippen LogP contribution in [0, 0.1) is 11.6 Å². The summed E-state index contributed by atoms with van der Waals surface area (Å²) in [5, 5.41) is 9.94. The Kier molecular flexibility index (Phi) is 6.34. The predicted molar refractivity (Wildman–Crippen MR) is 69.9 cm³/mol. The zero-order valence-corrected chi connectivity index (χ0v) is 11.6. The summed E-state index contributed by atoms with van der Waals surface area (Å²) in [5.74, 6) is -1.34. The minimum absolute atomic E-state index is 0.224. The van der Waals surface area contributed by atoms with Crippen molar-refractivity contribution < 1.29 is 18.6 Å². The van der Waals surface area contributed by atoms with Crippen LogP contribution >= 0.6 is 0 Å². The number of halogens is 2. The van der Waals surface area contributed by atoms with Crippen molar-refractivity contribution in [1.82, 2.24) is 4.90 Å². The Morgan fingerprint density at radius 3 is 2.37 bits per heavy atom. The molecule has 1 rings (SSSR count). The molecule has 0 radical (unpaired) electrons. The lowest BCUT2D eigenvalue weighted by atomic mass is 10.1. The van der Waals surface area contributed by atoms with E-state index < -0.39 is 17.7 Å². The molecule has 0 saturated heterocycles. The lowest BCUT2D eigenvalue weighted by Crippen LogP contribution is -2.34. The Bertz CT molecular complexity index is 381. The van der Waals surface area contributed by atoms with E-state index in [0.29, 0.717) is 19.6 Å². The van der Waals surface area contributed by atoms with Crippen LogP contribution in [0.15, 0.2) is 18.2 Å². The van der Waals surface area contributed by atoms with E-state index in [2.05, 4.69) is 0 Å². The molecule has 0 aliphatic carbocycles. The van der Waals surface area contributed by atoms with E-state index in [4.69, 9.17) is 4.74 Å². The number of aliphatic hydroxyl groups is 1. The van der Waals surface area contributed by atoms with Gasteiger partial charge in [0.2, 0.25) is 0 Å². The van der Waals surface area contributed by atoms with Crippen LogP contribution in [-0.2, 0) is 4.74 Å². The number of ether oxygens (including phenoxy) is 1. The van der Waals surface area contributed by atoms with Crippen LogP contribution in [0.25, 0.3) is 0 Å². The number of rotatable bonds is 7. The van der Waals surface area contributed by atoms with Crippen molar-refractivity contribution in [1.29, 1.82) is 0 Å². The topological polar surface area (TPSA) is 32.7 Å². The van der Waals surface area contributed by atoms with E-state index in [1.54, 1.807) is 7.11 Å². The molecule has 0 aliphatic rings. The molecule has 1 N–H and O–H groups in total. The zero-order chi connectivity index (χ0) is 14.4. The van der Waals surface area contributed by atoms with Crippen molar-refractivity contribution in [2.45, 2.75) is 25.5 Å². The molecule has 0 aromatic heterocycles. The van der Waals surface area contributed by atoms with E-state index in [9.17, 15) is 13.9 Å². The summed E-state index contributed by atoms with van der Waals surface area (Å²) in [6.07, 6.45) is -0.463. The first kappa shape index (κ1) is 16.0. The highest BCUT2D eigenvalue weighted by atomic mass is 19.1. The van der Waals surface area contributed by atoms with Crippen molar-refractivity contribution in [3.63, 3.8) is 0 Å². The van der Waals surface area contributed by atoms with Gasteiger partial charge < -0.3 is 14.7 Å². The monoisotopic (exact) mass is 273 g/mol. The fourth-order valence-corrected chi connectivity index (χ4v) is 1.85. The van der Waals surface area contributed by atoms with Gasteiger partial charge in [0.05, 0.1) is 12.7 Å². The fraction of sp³-hybridized carbons (Fsp3) is 0.571. The van der Waals surface area contributed by atoms with Gasteiger partial charge in [0, 0.05) is 25.8 Å². The molecule has 0 heterocycles. The SMILES string of the molecule is COCC(C)N(C)CCC(O)c1cc(F)cc(F)c1. The van der Waals surface area contributed by atoms with Crippen LogP contribution in [0.1, 0.15) is 25.0 Å². The molecule has 0 fully saturated rings. The maximum Gasteiger partial charge on any atom is 0.126 e. The normalized spacial score (nSPS) is 14.7. The van der Waals surface area contributed by atoms with Crippen molar-refractivity contribution in [2.24, 2.45) is 0 Å². The number of hydrogen-bond donors (Lipinski definition) is 1. The third-order valence-corrected chi connectivity index (χ3v) is 3.19. The molecule has 0 saturated carbocycles. The Hall–Kier alpha value is -1.04. The van der Waals surface area contributed by atoms with Gasteiger partial charge in [-0.1, -0.05) is 0 Å². The average Bonchev–Trinajstić information content (AvgIpc) is 2.34. The van der Waals surface area contributed by atoms with Crippen molar-refractivity contribution in [2.75, 3.05) is 27.3 Å². The minimum atomic E-state index is -0.873. The van der Waals surface area contributed by atoms with Gasteiger partial charge in [0.1, 0.15) is 11.6 Å². The summed E-state index contributed by atoms with van der Waals surface area (Å²) in [7, 11) is 3.55. The van der Waals surface area contributed by atoms with Crippen LogP contribution in [0.5, 0.6) is 0 Å². The van der Waals surface area contributed by atoms with Gasteiger partial charge in [-0.05, 0) is 38.1 Å². The van der Waals surface area contributed by atoms with E-state index in [-0.39, 0.29) is 11.6 Å². The first-order valence-corrected chi connectivity index (χ1v) is 6.27. The average molecular weight is 273 g/mol. The first-order valence-electron chi connectivity index (χ1n) is 6.27. The molecule has 0 amide bonds. The van der Waals surface area contributed by atoms with Crippen molar-refractivity contribution in [3.8, 4) is 0 Å². The predicted octanol–water partition coefficient (Wildman–Crippen LogP) is 2.36. The second-order valence-electron chi connectivity index (χ2n) is 4.79. The van der Waals surface area contributed by atoms with Gasteiger partial charge in [-0.15, -0.1) is 0 Å². The lowest BCUT2D eigenvalue weighted by Gasteiger charge is -2.25. The first-order chi connectivity index (χ1) is 8.93. The van der Waals surface area contributed by atoms with E-state index >= 15 is 0 Å². The largest absolute Gasteiger partial charge is 0.388 e. The molecule has 2 unspecified atom stereocenters. The molecule has 108 valence electrons. The van der Waals surface area contributed by atoms with Gasteiger partial charge >= 0.3 is 0 Å². The third kappa shape index (κ3) is 5.22. The maximum atomic E-state index is 13.0. The molecule has 0 aliphatic heterocycles. The zero-order valence-electron chi connectivity index (χ0n) is 11.6. The van der Waals surface area contributed by atoms with Crippen LogP contribution in [0.4, 0.5) is 8.78 Å². The molecule has 0 bridgehead atoms. The summed E-state index contributed by atoms with van der Waals surface area (Å²) < 4.78 is 31.1. The van der Waals surface area contributed by atoms with Gasteiger partial charge in [-0.2, -0.15) is 0 Å². The highest BCUT2D eigenvalue weighted by molar-refractivity contribution is 5.20. The number of benzene rings is 1. The van der Waals surface area contributed by atoms with E-state index in [1.807, 2.05) is 18.9 Å². The number of aliphatic hydroxyl groups excluding tert-OH is 1. The summed E-state index contributed by atoms with van der Waals surface area (Å²) in [6, 6.07) is 3.34. The molecule has 1 aromatic rings. The summed E-state index contributed by atoms with van der Waals surface area (Å²) >= 11 is 0. The molecular weight excluding hydrogens is 252 g/mol. The molecule has 2 atom stereocenters.